The third-order valence-electron chi connectivity index (χ3n) is 3.60. The van der Waals surface area contributed by atoms with Crippen LogP contribution in [0.5, 0.6) is 0 Å². The summed E-state index contributed by atoms with van der Waals surface area (Å²) in [6.45, 7) is 1.73. The van der Waals surface area contributed by atoms with Gasteiger partial charge in [-0.25, -0.2) is 0 Å². The summed E-state index contributed by atoms with van der Waals surface area (Å²) < 4.78 is 5.58. The summed E-state index contributed by atoms with van der Waals surface area (Å²) in [6.07, 6.45) is 6.01. The summed E-state index contributed by atoms with van der Waals surface area (Å²) >= 11 is 5.88. The number of para-hydroxylation sites is 1. The van der Waals surface area contributed by atoms with E-state index >= 15 is 0 Å². The highest BCUT2D eigenvalue weighted by atomic mass is 35.5. The maximum absolute atomic E-state index is 5.88. The molecule has 0 aliphatic rings. The Kier molecular flexibility index (Phi) is 4.62. The number of rotatable bonds is 5. The number of likely N-dealkylation sites (N-methyl/N-ethyl adjacent to an activating group) is 1. The quantitative estimate of drug-likeness (QED) is 0.641. The molecule has 0 aliphatic carbocycles. The van der Waals surface area contributed by atoms with Gasteiger partial charge in [0.05, 0.1) is 6.26 Å². The lowest BCUT2D eigenvalue weighted by Crippen LogP contribution is -2.17. The van der Waals surface area contributed by atoms with Crippen molar-refractivity contribution in [3.8, 4) is 0 Å². The van der Waals surface area contributed by atoms with Gasteiger partial charge in [-0.3, -0.25) is 4.90 Å². The van der Waals surface area contributed by atoms with E-state index in [1.165, 1.54) is 5.56 Å². The first-order valence-electron chi connectivity index (χ1n) is 7.28. The molecular formula is C19H18ClNO. The third kappa shape index (κ3) is 3.59. The standard InChI is InChI=1S/C19H18ClNO/c1-21(12-3-4-15-7-9-18(20)10-8-15)14-17-6-2-5-16-11-13-22-19(16)17/h2-11,13H,12,14H2,1H3/b4-3+. The minimum atomic E-state index is 0.765. The summed E-state index contributed by atoms with van der Waals surface area (Å²) in [7, 11) is 2.11. The second kappa shape index (κ2) is 6.82. The summed E-state index contributed by atoms with van der Waals surface area (Å²) in [4.78, 5) is 2.25. The molecule has 22 heavy (non-hydrogen) atoms. The van der Waals surface area contributed by atoms with Crippen LogP contribution in [0.4, 0.5) is 0 Å². The normalized spacial score (nSPS) is 11.8. The Labute approximate surface area is 135 Å². The van der Waals surface area contributed by atoms with Gasteiger partial charge in [0.25, 0.3) is 0 Å². The molecule has 0 amide bonds. The summed E-state index contributed by atoms with van der Waals surface area (Å²) in [5.41, 5.74) is 3.35. The average Bonchev–Trinajstić information content (AvgIpc) is 2.99. The Bertz CT molecular complexity index is 773. The van der Waals surface area contributed by atoms with Crippen LogP contribution >= 0.6 is 11.6 Å². The van der Waals surface area contributed by atoms with Gasteiger partial charge in [0, 0.05) is 29.1 Å². The average molecular weight is 312 g/mol. The van der Waals surface area contributed by atoms with Crippen LogP contribution in [0.15, 0.2) is 65.3 Å². The molecule has 0 unspecified atom stereocenters. The van der Waals surface area contributed by atoms with Crippen molar-refractivity contribution in [3.05, 3.63) is 77.0 Å². The number of benzene rings is 2. The van der Waals surface area contributed by atoms with Crippen molar-refractivity contribution in [2.45, 2.75) is 6.54 Å². The molecule has 1 heterocycles. The van der Waals surface area contributed by atoms with Crippen LogP contribution in [-0.2, 0) is 6.54 Å². The number of fused-ring (bicyclic) bond motifs is 1. The van der Waals surface area contributed by atoms with E-state index in [9.17, 15) is 0 Å². The molecule has 3 rings (SSSR count). The van der Waals surface area contributed by atoms with Gasteiger partial charge < -0.3 is 4.42 Å². The highest BCUT2D eigenvalue weighted by Gasteiger charge is 2.05. The van der Waals surface area contributed by atoms with Gasteiger partial charge in [-0.2, -0.15) is 0 Å². The largest absolute Gasteiger partial charge is 0.464 e. The molecule has 0 bridgehead atoms. The Balaban J connectivity index is 1.61. The van der Waals surface area contributed by atoms with Gasteiger partial charge in [-0.15, -0.1) is 0 Å². The van der Waals surface area contributed by atoms with Gasteiger partial charge in [-0.1, -0.05) is 54.1 Å². The first-order chi connectivity index (χ1) is 10.7. The molecule has 2 nitrogen and oxygen atoms in total. The lowest BCUT2D eigenvalue weighted by Gasteiger charge is -2.14. The molecular weight excluding hydrogens is 294 g/mol. The minimum absolute atomic E-state index is 0.765. The van der Waals surface area contributed by atoms with Crippen LogP contribution in [0.1, 0.15) is 11.1 Å². The molecule has 0 spiro atoms. The number of nitrogens with zero attached hydrogens (tertiary/aromatic N) is 1. The van der Waals surface area contributed by atoms with E-state index in [2.05, 4.69) is 42.3 Å². The molecule has 0 radical (unpaired) electrons. The molecule has 0 saturated carbocycles. The van der Waals surface area contributed by atoms with Gasteiger partial charge in [-0.05, 0) is 30.8 Å². The van der Waals surface area contributed by atoms with E-state index in [0.29, 0.717) is 0 Å². The Morgan fingerprint density at radius 2 is 1.91 bits per heavy atom. The maximum atomic E-state index is 5.88. The van der Waals surface area contributed by atoms with Crippen molar-refractivity contribution in [2.24, 2.45) is 0 Å². The first-order valence-corrected chi connectivity index (χ1v) is 7.66. The smallest absolute Gasteiger partial charge is 0.138 e. The Hall–Kier alpha value is -2.03. The van der Waals surface area contributed by atoms with Gasteiger partial charge in [0.15, 0.2) is 0 Å². The van der Waals surface area contributed by atoms with Crippen molar-refractivity contribution in [3.63, 3.8) is 0 Å². The fourth-order valence-corrected chi connectivity index (χ4v) is 2.60. The van der Waals surface area contributed by atoms with Crippen LogP contribution in [0.3, 0.4) is 0 Å². The van der Waals surface area contributed by atoms with Gasteiger partial charge in [0.2, 0.25) is 0 Å². The molecule has 0 fully saturated rings. The van der Waals surface area contributed by atoms with Crippen LogP contribution in [0.25, 0.3) is 17.0 Å². The van der Waals surface area contributed by atoms with Crippen molar-refractivity contribution in [2.75, 3.05) is 13.6 Å². The van der Waals surface area contributed by atoms with Crippen molar-refractivity contribution >= 4 is 28.6 Å². The third-order valence-corrected chi connectivity index (χ3v) is 3.85. The zero-order chi connectivity index (χ0) is 15.4. The van der Waals surface area contributed by atoms with Crippen LogP contribution in [0, 0.1) is 0 Å². The molecule has 2 aromatic carbocycles. The van der Waals surface area contributed by atoms with Crippen LogP contribution in [0.2, 0.25) is 5.02 Å². The second-order valence-electron chi connectivity index (χ2n) is 5.41. The van der Waals surface area contributed by atoms with E-state index in [-0.39, 0.29) is 0 Å². The second-order valence-corrected chi connectivity index (χ2v) is 5.84. The molecule has 3 aromatic rings. The number of hydrogen-bond donors (Lipinski definition) is 0. The topological polar surface area (TPSA) is 16.4 Å². The van der Waals surface area contributed by atoms with E-state index in [4.69, 9.17) is 16.0 Å². The molecule has 1 aromatic heterocycles. The van der Waals surface area contributed by atoms with E-state index in [0.717, 1.165) is 34.6 Å². The van der Waals surface area contributed by atoms with Crippen molar-refractivity contribution < 1.29 is 4.42 Å². The lowest BCUT2D eigenvalue weighted by atomic mass is 10.1. The molecule has 3 heteroatoms. The van der Waals surface area contributed by atoms with E-state index < -0.39 is 0 Å². The molecule has 112 valence electrons. The van der Waals surface area contributed by atoms with Crippen molar-refractivity contribution in [1.82, 2.24) is 4.90 Å². The monoisotopic (exact) mass is 311 g/mol. The zero-order valence-corrected chi connectivity index (χ0v) is 13.3. The lowest BCUT2D eigenvalue weighted by molar-refractivity contribution is 0.363. The fraction of sp³-hybridized carbons (Fsp3) is 0.158. The Morgan fingerprint density at radius 1 is 1.09 bits per heavy atom. The fourth-order valence-electron chi connectivity index (χ4n) is 2.48. The molecule has 0 atom stereocenters. The molecule has 0 N–H and O–H groups in total. The van der Waals surface area contributed by atoms with Crippen molar-refractivity contribution in [1.29, 1.82) is 0 Å². The SMILES string of the molecule is CN(C/C=C/c1ccc(Cl)cc1)Cc1cccc2ccoc12. The van der Waals surface area contributed by atoms with E-state index in [1.807, 2.05) is 30.3 Å². The summed E-state index contributed by atoms with van der Waals surface area (Å²) in [5.74, 6) is 0. The molecule has 0 saturated heterocycles. The number of furan rings is 1. The van der Waals surface area contributed by atoms with Crippen LogP contribution < -0.4 is 0 Å². The van der Waals surface area contributed by atoms with E-state index in [1.54, 1.807) is 6.26 Å². The predicted molar refractivity (Wildman–Crippen MR) is 93.0 cm³/mol. The summed E-state index contributed by atoms with van der Waals surface area (Å²) in [6, 6.07) is 16.1. The number of halogens is 1. The van der Waals surface area contributed by atoms with Crippen LogP contribution in [-0.4, -0.2) is 18.5 Å². The highest BCUT2D eigenvalue weighted by molar-refractivity contribution is 6.30. The molecule has 0 aliphatic heterocycles. The predicted octanol–water partition coefficient (Wildman–Crippen LogP) is 5.23. The first kappa shape index (κ1) is 14.9. The Morgan fingerprint density at radius 3 is 2.73 bits per heavy atom. The zero-order valence-electron chi connectivity index (χ0n) is 12.5. The van der Waals surface area contributed by atoms with Gasteiger partial charge >= 0.3 is 0 Å². The minimum Gasteiger partial charge on any atom is -0.464 e. The van der Waals surface area contributed by atoms with Gasteiger partial charge in [0.1, 0.15) is 5.58 Å². The highest BCUT2D eigenvalue weighted by Crippen LogP contribution is 2.20. The summed E-state index contributed by atoms with van der Waals surface area (Å²) in [5, 5.41) is 1.92. The maximum Gasteiger partial charge on any atom is 0.138 e. The number of hydrogen-bond acceptors (Lipinski definition) is 2.